The number of ether oxygens (including phenoxy) is 3. The van der Waals surface area contributed by atoms with Crippen LogP contribution in [0.3, 0.4) is 0 Å². The fraction of sp³-hybridized carbons (Fsp3) is 0.714. The number of hydrogen-bond acceptors (Lipinski definition) is 6. The third kappa shape index (κ3) is 2.60. The van der Waals surface area contributed by atoms with Gasteiger partial charge in [-0.3, -0.25) is 0 Å². The predicted molar refractivity (Wildman–Crippen MR) is 98.5 cm³/mol. The molecule has 1 N–H and O–H groups in total. The maximum absolute atomic E-state index is 12.7. The molecule has 5 atom stereocenters. The molecule has 27 heavy (non-hydrogen) atoms. The molecule has 6 heteroatoms. The summed E-state index contributed by atoms with van der Waals surface area (Å²) in [6, 6.07) is 0. The largest absolute Gasteiger partial charge is 0.453 e. The van der Waals surface area contributed by atoms with Gasteiger partial charge in [0.25, 0.3) is 0 Å². The maximum atomic E-state index is 12.7. The van der Waals surface area contributed by atoms with Gasteiger partial charge in [-0.2, -0.15) is 0 Å². The van der Waals surface area contributed by atoms with Crippen LogP contribution in [0, 0.1) is 11.3 Å². The molecule has 1 aliphatic heterocycles. The highest BCUT2D eigenvalue weighted by molar-refractivity contribution is 5.93. The normalized spacial score (nSPS) is 41.7. The molecule has 0 bridgehead atoms. The van der Waals surface area contributed by atoms with Crippen LogP contribution >= 0.6 is 0 Å². The van der Waals surface area contributed by atoms with Crippen LogP contribution in [0.2, 0.25) is 0 Å². The minimum Gasteiger partial charge on any atom is -0.453 e. The molecule has 0 aromatic heterocycles. The number of carbonyl (C=O) groups excluding carboxylic acids is 2. The van der Waals surface area contributed by atoms with E-state index in [-0.39, 0.29) is 12.3 Å². The van der Waals surface area contributed by atoms with E-state index in [2.05, 4.69) is 6.92 Å². The van der Waals surface area contributed by atoms with E-state index in [1.165, 1.54) is 7.11 Å². The Hall–Kier alpha value is -1.66. The second-order valence-electron chi connectivity index (χ2n) is 8.43. The molecule has 0 saturated heterocycles. The van der Waals surface area contributed by atoms with Gasteiger partial charge in [0.05, 0.1) is 11.2 Å². The minimum atomic E-state index is -1.39. The number of hydrogen-bond donors (Lipinski definition) is 1. The van der Waals surface area contributed by atoms with E-state index in [1.807, 2.05) is 6.92 Å². The van der Waals surface area contributed by atoms with Gasteiger partial charge >= 0.3 is 11.9 Å². The number of allylic oxidation sites excluding steroid dienone is 1. The van der Waals surface area contributed by atoms with Crippen LogP contribution in [0.25, 0.3) is 0 Å². The standard InChI is InChI=1S/C21H30O6/c1-7-12(2)17(22)26-16-15-14(4)18(23)27-21(15,25-6)11-20(24)10-8-9-13(3)19(16,20)5/h7,13,16,24H,8-11H2,1-6H3. The zero-order valence-electron chi connectivity index (χ0n) is 17.0. The highest BCUT2D eigenvalue weighted by Gasteiger charge is 2.71. The lowest BCUT2D eigenvalue weighted by atomic mass is 9.49. The van der Waals surface area contributed by atoms with E-state index in [1.54, 1.807) is 26.8 Å². The Bertz CT molecular complexity index is 737. The fourth-order valence-corrected chi connectivity index (χ4v) is 5.12. The molecule has 5 unspecified atom stereocenters. The molecule has 0 amide bonds. The number of rotatable bonds is 3. The van der Waals surface area contributed by atoms with Gasteiger partial charge in [-0.15, -0.1) is 0 Å². The third-order valence-electron chi connectivity index (χ3n) is 7.27. The van der Waals surface area contributed by atoms with Gasteiger partial charge in [-0.25, -0.2) is 9.59 Å². The number of carbonyl (C=O) groups is 2. The van der Waals surface area contributed by atoms with Gasteiger partial charge in [-0.05, 0) is 39.5 Å². The lowest BCUT2D eigenvalue weighted by Gasteiger charge is -2.61. The molecule has 3 rings (SSSR count). The summed E-state index contributed by atoms with van der Waals surface area (Å²) >= 11 is 0. The minimum absolute atomic E-state index is 0.0887. The third-order valence-corrected chi connectivity index (χ3v) is 7.27. The highest BCUT2D eigenvalue weighted by atomic mass is 16.7. The van der Waals surface area contributed by atoms with Gasteiger partial charge in [-0.1, -0.05) is 26.3 Å². The summed E-state index contributed by atoms with van der Waals surface area (Å²) in [5.74, 6) is -2.25. The molecule has 3 aliphatic rings. The Balaban J connectivity index is 2.21. The van der Waals surface area contributed by atoms with Crippen LogP contribution in [-0.2, 0) is 23.8 Å². The monoisotopic (exact) mass is 378 g/mol. The zero-order chi connectivity index (χ0) is 20.2. The van der Waals surface area contributed by atoms with E-state index in [0.29, 0.717) is 23.1 Å². The van der Waals surface area contributed by atoms with E-state index in [4.69, 9.17) is 14.2 Å². The van der Waals surface area contributed by atoms with Crippen LogP contribution < -0.4 is 0 Å². The summed E-state index contributed by atoms with van der Waals surface area (Å²) in [6.45, 7) is 9.16. The van der Waals surface area contributed by atoms with Gasteiger partial charge in [0.2, 0.25) is 5.79 Å². The van der Waals surface area contributed by atoms with E-state index in [0.717, 1.165) is 12.8 Å². The van der Waals surface area contributed by atoms with Crippen molar-refractivity contribution in [2.75, 3.05) is 7.11 Å². The molecule has 6 nitrogen and oxygen atoms in total. The van der Waals surface area contributed by atoms with Crippen molar-refractivity contribution >= 4 is 11.9 Å². The molecular formula is C21H30O6. The predicted octanol–water partition coefficient (Wildman–Crippen LogP) is 3.04. The Morgan fingerprint density at radius 1 is 1.41 bits per heavy atom. The summed E-state index contributed by atoms with van der Waals surface area (Å²) in [5.41, 5.74) is -0.518. The molecule has 1 heterocycles. The van der Waals surface area contributed by atoms with Gasteiger partial charge in [0, 0.05) is 30.1 Å². The number of methoxy groups -OCH3 is 1. The summed E-state index contributed by atoms with van der Waals surface area (Å²) in [6.07, 6.45) is 3.33. The molecule has 0 spiro atoms. The van der Waals surface area contributed by atoms with Crippen LogP contribution in [0.4, 0.5) is 0 Å². The molecule has 2 saturated carbocycles. The molecule has 0 aromatic carbocycles. The van der Waals surface area contributed by atoms with Crippen molar-refractivity contribution in [3.05, 3.63) is 22.8 Å². The molecular weight excluding hydrogens is 348 g/mol. The topological polar surface area (TPSA) is 82.1 Å². The molecule has 2 aliphatic carbocycles. The summed E-state index contributed by atoms with van der Waals surface area (Å²) in [5, 5.41) is 11.7. The molecule has 0 aromatic rings. The second kappa shape index (κ2) is 6.45. The Kier molecular flexibility index (Phi) is 4.80. The Labute approximate surface area is 160 Å². The average molecular weight is 378 g/mol. The lowest BCUT2D eigenvalue weighted by molar-refractivity contribution is -0.281. The highest BCUT2D eigenvalue weighted by Crippen LogP contribution is 2.63. The van der Waals surface area contributed by atoms with Crippen LogP contribution in [0.5, 0.6) is 0 Å². The number of aliphatic hydroxyl groups is 1. The van der Waals surface area contributed by atoms with Crippen molar-refractivity contribution in [3.8, 4) is 0 Å². The SMILES string of the molecule is CC=C(C)C(=O)OC1C2=C(C)C(=O)OC2(OC)CC2(O)CCCC(C)C12C. The van der Waals surface area contributed by atoms with Gasteiger partial charge in [0.1, 0.15) is 6.10 Å². The summed E-state index contributed by atoms with van der Waals surface area (Å²) in [4.78, 5) is 25.1. The van der Waals surface area contributed by atoms with Crippen molar-refractivity contribution < 1.29 is 28.9 Å². The first-order valence-electron chi connectivity index (χ1n) is 9.62. The fourth-order valence-electron chi connectivity index (χ4n) is 5.12. The molecule has 0 radical (unpaired) electrons. The van der Waals surface area contributed by atoms with Crippen molar-refractivity contribution in [2.24, 2.45) is 11.3 Å². The Morgan fingerprint density at radius 3 is 2.67 bits per heavy atom. The van der Waals surface area contributed by atoms with Gasteiger partial charge < -0.3 is 19.3 Å². The van der Waals surface area contributed by atoms with E-state index < -0.39 is 34.8 Å². The number of fused-ring (bicyclic) bond motifs is 2. The van der Waals surface area contributed by atoms with Crippen molar-refractivity contribution in [1.29, 1.82) is 0 Å². The first kappa shape index (κ1) is 20.1. The van der Waals surface area contributed by atoms with Crippen molar-refractivity contribution in [3.63, 3.8) is 0 Å². The first-order chi connectivity index (χ1) is 12.6. The van der Waals surface area contributed by atoms with E-state index in [9.17, 15) is 14.7 Å². The zero-order valence-corrected chi connectivity index (χ0v) is 17.0. The summed E-state index contributed by atoms with van der Waals surface area (Å²) in [7, 11) is 1.46. The Morgan fingerprint density at radius 2 is 2.07 bits per heavy atom. The lowest BCUT2D eigenvalue weighted by Crippen LogP contribution is -2.68. The van der Waals surface area contributed by atoms with Crippen LogP contribution in [0.1, 0.15) is 60.3 Å². The van der Waals surface area contributed by atoms with Crippen molar-refractivity contribution in [2.45, 2.75) is 77.8 Å². The molecule has 2 fully saturated rings. The van der Waals surface area contributed by atoms with Crippen LogP contribution in [-0.4, -0.2) is 41.6 Å². The van der Waals surface area contributed by atoms with Crippen LogP contribution in [0.15, 0.2) is 22.8 Å². The molecule has 150 valence electrons. The number of esters is 2. The second-order valence-corrected chi connectivity index (χ2v) is 8.43. The average Bonchev–Trinajstić information content (AvgIpc) is 2.87. The van der Waals surface area contributed by atoms with E-state index >= 15 is 0 Å². The van der Waals surface area contributed by atoms with Gasteiger partial charge in [0.15, 0.2) is 0 Å². The first-order valence-corrected chi connectivity index (χ1v) is 9.62. The van der Waals surface area contributed by atoms with Crippen molar-refractivity contribution in [1.82, 2.24) is 0 Å². The quantitative estimate of drug-likeness (QED) is 0.600. The smallest absolute Gasteiger partial charge is 0.336 e. The summed E-state index contributed by atoms with van der Waals surface area (Å²) < 4.78 is 17.3. The maximum Gasteiger partial charge on any atom is 0.336 e.